The zero-order valence-corrected chi connectivity index (χ0v) is 17.7. The number of hydrogen-bond donors (Lipinski definition) is 1. The molecule has 4 amide bonds. The minimum atomic E-state index is -0.345. The molecule has 2 fully saturated rings. The van der Waals surface area contributed by atoms with Crippen molar-refractivity contribution in [2.24, 2.45) is 0 Å². The molecular formula is C21H22N8O3. The predicted molar refractivity (Wildman–Crippen MR) is 117 cm³/mol. The van der Waals surface area contributed by atoms with Crippen LogP contribution in [-0.2, 0) is 16.1 Å². The van der Waals surface area contributed by atoms with E-state index >= 15 is 0 Å². The second-order valence-electron chi connectivity index (χ2n) is 8.07. The number of aromatic nitrogens is 4. The number of nitrogens with one attached hydrogen (secondary N) is 1. The Morgan fingerprint density at radius 3 is 2.75 bits per heavy atom. The van der Waals surface area contributed by atoms with E-state index in [2.05, 4.69) is 21.5 Å². The van der Waals surface area contributed by atoms with Crippen molar-refractivity contribution in [2.45, 2.75) is 25.3 Å². The van der Waals surface area contributed by atoms with Gasteiger partial charge in [0.15, 0.2) is 5.65 Å². The fraction of sp³-hybridized carbons (Fsp3) is 0.333. The van der Waals surface area contributed by atoms with Crippen molar-refractivity contribution < 1.29 is 14.4 Å². The molecule has 4 heterocycles. The Morgan fingerprint density at radius 1 is 1.25 bits per heavy atom. The third-order valence-corrected chi connectivity index (χ3v) is 5.75. The molecule has 2 aliphatic rings. The van der Waals surface area contributed by atoms with Gasteiger partial charge in [0.25, 0.3) is 0 Å². The highest BCUT2D eigenvalue weighted by atomic mass is 16.2. The summed E-state index contributed by atoms with van der Waals surface area (Å²) in [4.78, 5) is 53.0. The Morgan fingerprint density at radius 2 is 2.06 bits per heavy atom. The van der Waals surface area contributed by atoms with Gasteiger partial charge in [-0.15, -0.1) is 0 Å². The monoisotopic (exact) mass is 434 g/mol. The molecule has 11 heteroatoms. The number of anilines is 3. The third kappa shape index (κ3) is 3.51. The maximum atomic E-state index is 12.7. The van der Waals surface area contributed by atoms with Crippen molar-refractivity contribution in [3.05, 3.63) is 42.0 Å². The first-order valence-electron chi connectivity index (χ1n) is 10.3. The molecule has 3 aromatic rings. The van der Waals surface area contributed by atoms with Gasteiger partial charge >= 0.3 is 6.03 Å². The second-order valence-corrected chi connectivity index (χ2v) is 8.07. The lowest BCUT2D eigenvalue weighted by atomic mass is 10.1. The number of nitrogens with zero attached hydrogens (tertiary/aromatic N) is 7. The minimum absolute atomic E-state index is 0.00859. The maximum Gasteiger partial charge on any atom is 0.331 e. The average Bonchev–Trinajstić information content (AvgIpc) is 3.51. The minimum Gasteiger partial charge on any atom is -0.354 e. The van der Waals surface area contributed by atoms with E-state index < -0.39 is 0 Å². The first kappa shape index (κ1) is 19.9. The number of carbonyl (C=O) groups excluding carboxylic acids is 3. The van der Waals surface area contributed by atoms with Crippen LogP contribution >= 0.6 is 0 Å². The van der Waals surface area contributed by atoms with E-state index in [1.54, 1.807) is 12.3 Å². The molecule has 1 saturated heterocycles. The van der Waals surface area contributed by atoms with Gasteiger partial charge in [-0.05, 0) is 36.5 Å². The molecule has 1 N–H and O–H groups in total. The molecule has 1 aliphatic carbocycles. The standard InChI is InChI=1S/C21H22N8O3/c1-26(17-5-6-22-20(25-17)23-12-30)9-15-10-28-8-14(13-3-4-13)7-16(19(28)24-15)29-11-18(31)27(2)21(29)32/h5-8,10,12-13H,3-4,9,11H2,1-2H3,(H,22,23,25,30). The van der Waals surface area contributed by atoms with Crippen molar-refractivity contribution >= 4 is 41.4 Å². The summed E-state index contributed by atoms with van der Waals surface area (Å²) in [6, 6.07) is 3.38. The van der Waals surface area contributed by atoms with Crippen LogP contribution in [0.25, 0.3) is 5.65 Å². The summed E-state index contributed by atoms with van der Waals surface area (Å²) in [5.41, 5.74) is 3.18. The van der Waals surface area contributed by atoms with E-state index in [0.29, 0.717) is 36.0 Å². The highest BCUT2D eigenvalue weighted by Crippen LogP contribution is 2.42. The zero-order chi connectivity index (χ0) is 22.4. The van der Waals surface area contributed by atoms with E-state index in [9.17, 15) is 14.4 Å². The van der Waals surface area contributed by atoms with E-state index in [0.717, 1.165) is 29.0 Å². The highest BCUT2D eigenvalue weighted by Gasteiger charge is 2.36. The van der Waals surface area contributed by atoms with Crippen LogP contribution in [0.15, 0.2) is 30.7 Å². The van der Waals surface area contributed by atoms with Crippen LogP contribution in [0.1, 0.15) is 30.0 Å². The van der Waals surface area contributed by atoms with Gasteiger partial charge < -0.3 is 9.30 Å². The largest absolute Gasteiger partial charge is 0.354 e. The molecule has 0 unspecified atom stereocenters. The fourth-order valence-corrected chi connectivity index (χ4v) is 3.86. The van der Waals surface area contributed by atoms with E-state index in [1.165, 1.54) is 11.9 Å². The quantitative estimate of drug-likeness (QED) is 0.444. The number of imidazole rings is 1. The summed E-state index contributed by atoms with van der Waals surface area (Å²) in [5, 5.41) is 2.44. The van der Waals surface area contributed by atoms with Crippen molar-refractivity contribution in [2.75, 3.05) is 35.8 Å². The number of fused-ring (bicyclic) bond motifs is 1. The molecule has 1 saturated carbocycles. The lowest BCUT2D eigenvalue weighted by Gasteiger charge is -2.17. The first-order valence-corrected chi connectivity index (χ1v) is 10.3. The number of rotatable bonds is 7. The lowest BCUT2D eigenvalue weighted by molar-refractivity contribution is -0.123. The summed E-state index contributed by atoms with van der Waals surface area (Å²) >= 11 is 0. The molecule has 0 radical (unpaired) electrons. The topological polar surface area (TPSA) is 116 Å². The molecule has 164 valence electrons. The van der Waals surface area contributed by atoms with Crippen LogP contribution in [0, 0.1) is 0 Å². The van der Waals surface area contributed by atoms with Crippen LogP contribution < -0.4 is 15.1 Å². The Bertz CT molecular complexity index is 1240. The van der Waals surface area contributed by atoms with Gasteiger partial charge in [0.1, 0.15) is 12.4 Å². The summed E-state index contributed by atoms with van der Waals surface area (Å²) in [5.74, 6) is 1.09. The number of hydrogen-bond acceptors (Lipinski definition) is 7. The van der Waals surface area contributed by atoms with Crippen LogP contribution in [-0.4, -0.2) is 63.2 Å². The van der Waals surface area contributed by atoms with Gasteiger partial charge in [0.05, 0.1) is 17.9 Å². The van der Waals surface area contributed by atoms with Gasteiger partial charge in [-0.1, -0.05) is 0 Å². The normalized spacial score (nSPS) is 16.2. The van der Waals surface area contributed by atoms with Gasteiger partial charge in [-0.25, -0.2) is 14.8 Å². The molecule has 0 spiro atoms. The molecule has 3 aromatic heterocycles. The number of amides is 4. The average molecular weight is 434 g/mol. The SMILES string of the molecule is CN1C(=O)CN(c2cc(C3CC3)cn3cc(CN(C)c4ccnc(NC=O)n4)nc23)C1=O. The summed E-state index contributed by atoms with van der Waals surface area (Å²) in [7, 11) is 3.36. The molecule has 0 aromatic carbocycles. The number of likely N-dealkylation sites (N-methyl/N-ethyl adjacent to an activating group) is 1. The number of imide groups is 1. The van der Waals surface area contributed by atoms with E-state index in [-0.39, 0.29) is 24.4 Å². The van der Waals surface area contributed by atoms with Gasteiger partial charge in [-0.2, -0.15) is 4.98 Å². The molecule has 0 bridgehead atoms. The molecule has 11 nitrogen and oxygen atoms in total. The molecule has 1 aliphatic heterocycles. The van der Waals surface area contributed by atoms with Crippen molar-refractivity contribution in [1.82, 2.24) is 24.3 Å². The number of pyridine rings is 1. The zero-order valence-electron chi connectivity index (χ0n) is 17.7. The van der Waals surface area contributed by atoms with Gasteiger partial charge in [0.2, 0.25) is 18.3 Å². The number of carbonyl (C=O) groups is 3. The molecule has 0 atom stereocenters. The predicted octanol–water partition coefficient (Wildman–Crippen LogP) is 1.60. The smallest absolute Gasteiger partial charge is 0.331 e. The van der Waals surface area contributed by atoms with Crippen molar-refractivity contribution in [3.8, 4) is 0 Å². The maximum absolute atomic E-state index is 12.7. The van der Waals surface area contributed by atoms with E-state index in [1.807, 2.05) is 28.6 Å². The van der Waals surface area contributed by atoms with Gasteiger partial charge in [-0.3, -0.25) is 24.7 Å². The fourth-order valence-electron chi connectivity index (χ4n) is 3.86. The highest BCUT2D eigenvalue weighted by molar-refractivity contribution is 6.13. The Kier molecular flexibility index (Phi) is 4.72. The Balaban J connectivity index is 1.49. The van der Waals surface area contributed by atoms with Crippen molar-refractivity contribution in [3.63, 3.8) is 0 Å². The molecular weight excluding hydrogens is 412 g/mol. The summed E-state index contributed by atoms with van der Waals surface area (Å²) < 4.78 is 1.93. The number of urea groups is 1. The Labute approximate surface area is 183 Å². The third-order valence-electron chi connectivity index (χ3n) is 5.75. The summed E-state index contributed by atoms with van der Waals surface area (Å²) in [6.45, 7) is 0.457. The Hall–Kier alpha value is -4.02. The summed E-state index contributed by atoms with van der Waals surface area (Å²) in [6.07, 6.45) is 8.32. The van der Waals surface area contributed by atoms with Crippen LogP contribution in [0.3, 0.4) is 0 Å². The first-order chi connectivity index (χ1) is 15.4. The molecule has 5 rings (SSSR count). The van der Waals surface area contributed by atoms with Crippen LogP contribution in [0.2, 0.25) is 0 Å². The second kappa shape index (κ2) is 7.59. The van der Waals surface area contributed by atoms with Crippen molar-refractivity contribution in [1.29, 1.82) is 0 Å². The van der Waals surface area contributed by atoms with E-state index in [4.69, 9.17) is 4.98 Å². The lowest BCUT2D eigenvalue weighted by Crippen LogP contribution is -2.30. The van der Waals surface area contributed by atoms with Gasteiger partial charge in [0, 0.05) is 32.7 Å². The van der Waals surface area contributed by atoms with Crippen LogP contribution in [0.4, 0.5) is 22.2 Å². The van der Waals surface area contributed by atoms with Crippen LogP contribution in [0.5, 0.6) is 0 Å². The molecule has 32 heavy (non-hydrogen) atoms.